The third-order valence-electron chi connectivity index (χ3n) is 3.53. The van der Waals surface area contributed by atoms with E-state index in [4.69, 9.17) is 16.3 Å². The lowest BCUT2D eigenvalue weighted by Crippen LogP contribution is -2.19. The highest BCUT2D eigenvalue weighted by Gasteiger charge is 2.15. The van der Waals surface area contributed by atoms with Gasteiger partial charge < -0.3 is 9.30 Å². The molecule has 1 aliphatic rings. The maximum atomic E-state index is 6.06. The topological polar surface area (TPSA) is 14.2 Å². The van der Waals surface area contributed by atoms with E-state index in [2.05, 4.69) is 29.0 Å². The smallest absolute Gasteiger partial charge is 0.0495 e. The molecule has 0 saturated carbocycles. The van der Waals surface area contributed by atoms with Gasteiger partial charge in [-0.2, -0.15) is 0 Å². The predicted molar refractivity (Wildman–Crippen MR) is 70.5 cm³/mol. The molecule has 3 heteroatoms. The quantitative estimate of drug-likeness (QED) is 0.791. The fraction of sp³-hybridized carbons (Fsp3) is 0.429. The number of benzene rings is 1. The SMILES string of the molecule is Clc1ccc2ccn(CC3CCOCC3)c2c1. The van der Waals surface area contributed by atoms with E-state index in [-0.39, 0.29) is 0 Å². The number of rotatable bonds is 2. The molecule has 1 saturated heterocycles. The first-order valence-electron chi connectivity index (χ1n) is 6.15. The number of hydrogen-bond donors (Lipinski definition) is 0. The minimum atomic E-state index is 0.735. The van der Waals surface area contributed by atoms with Crippen molar-refractivity contribution in [2.75, 3.05) is 13.2 Å². The average molecular weight is 250 g/mol. The molecule has 0 aliphatic carbocycles. The maximum absolute atomic E-state index is 6.06. The molecule has 0 bridgehead atoms. The maximum Gasteiger partial charge on any atom is 0.0495 e. The molecule has 2 heterocycles. The van der Waals surface area contributed by atoms with Gasteiger partial charge in [-0.3, -0.25) is 0 Å². The van der Waals surface area contributed by atoms with Gasteiger partial charge in [0, 0.05) is 36.5 Å². The van der Waals surface area contributed by atoms with Crippen molar-refractivity contribution in [1.82, 2.24) is 4.57 Å². The van der Waals surface area contributed by atoms with Crippen LogP contribution < -0.4 is 0 Å². The normalized spacial score (nSPS) is 17.7. The van der Waals surface area contributed by atoms with Crippen molar-refractivity contribution in [2.24, 2.45) is 5.92 Å². The molecule has 2 aromatic rings. The molecule has 17 heavy (non-hydrogen) atoms. The zero-order chi connectivity index (χ0) is 11.7. The number of fused-ring (bicyclic) bond motifs is 1. The lowest BCUT2D eigenvalue weighted by Gasteiger charge is -2.22. The molecule has 2 nitrogen and oxygen atoms in total. The van der Waals surface area contributed by atoms with E-state index in [0.29, 0.717) is 0 Å². The van der Waals surface area contributed by atoms with Crippen LogP contribution in [-0.4, -0.2) is 17.8 Å². The van der Waals surface area contributed by atoms with Gasteiger partial charge in [0.15, 0.2) is 0 Å². The molecule has 0 unspecified atom stereocenters. The summed E-state index contributed by atoms with van der Waals surface area (Å²) in [4.78, 5) is 0. The van der Waals surface area contributed by atoms with E-state index >= 15 is 0 Å². The molecular weight excluding hydrogens is 234 g/mol. The van der Waals surface area contributed by atoms with E-state index in [1.807, 2.05) is 6.07 Å². The summed E-state index contributed by atoms with van der Waals surface area (Å²) in [5.74, 6) is 0.735. The van der Waals surface area contributed by atoms with Gasteiger partial charge in [-0.1, -0.05) is 17.7 Å². The molecule has 0 atom stereocenters. The van der Waals surface area contributed by atoms with Gasteiger partial charge in [-0.05, 0) is 42.3 Å². The number of nitrogens with zero attached hydrogens (tertiary/aromatic N) is 1. The Morgan fingerprint density at radius 2 is 2.06 bits per heavy atom. The monoisotopic (exact) mass is 249 g/mol. The Hall–Kier alpha value is -0.990. The molecule has 0 amide bonds. The Bertz CT molecular complexity index is 514. The summed E-state index contributed by atoms with van der Waals surface area (Å²) in [5.41, 5.74) is 1.24. The van der Waals surface area contributed by atoms with Gasteiger partial charge in [0.1, 0.15) is 0 Å². The Labute approximate surface area is 106 Å². The molecule has 1 aliphatic heterocycles. The second-order valence-electron chi connectivity index (χ2n) is 4.73. The van der Waals surface area contributed by atoms with Gasteiger partial charge >= 0.3 is 0 Å². The summed E-state index contributed by atoms with van der Waals surface area (Å²) in [7, 11) is 0. The van der Waals surface area contributed by atoms with Crippen molar-refractivity contribution in [1.29, 1.82) is 0 Å². The van der Waals surface area contributed by atoms with Crippen molar-refractivity contribution in [3.8, 4) is 0 Å². The van der Waals surface area contributed by atoms with Crippen LogP contribution in [0.4, 0.5) is 0 Å². The van der Waals surface area contributed by atoms with Gasteiger partial charge in [0.2, 0.25) is 0 Å². The fourth-order valence-corrected chi connectivity index (χ4v) is 2.69. The molecular formula is C14H16ClNO. The van der Waals surface area contributed by atoms with Gasteiger partial charge in [0.25, 0.3) is 0 Å². The van der Waals surface area contributed by atoms with E-state index in [0.717, 1.165) is 30.7 Å². The van der Waals surface area contributed by atoms with E-state index in [1.54, 1.807) is 0 Å². The first-order chi connectivity index (χ1) is 8.33. The highest BCUT2D eigenvalue weighted by atomic mass is 35.5. The summed E-state index contributed by atoms with van der Waals surface area (Å²) in [6.45, 7) is 2.89. The van der Waals surface area contributed by atoms with Crippen molar-refractivity contribution in [2.45, 2.75) is 19.4 Å². The van der Waals surface area contributed by atoms with Crippen molar-refractivity contribution in [3.63, 3.8) is 0 Å². The van der Waals surface area contributed by atoms with Crippen LogP contribution in [-0.2, 0) is 11.3 Å². The Morgan fingerprint density at radius 1 is 1.24 bits per heavy atom. The molecule has 0 spiro atoms. The van der Waals surface area contributed by atoms with E-state index in [1.165, 1.54) is 23.7 Å². The highest BCUT2D eigenvalue weighted by molar-refractivity contribution is 6.31. The largest absolute Gasteiger partial charge is 0.381 e. The molecule has 1 aromatic heterocycles. The lowest BCUT2D eigenvalue weighted by molar-refractivity contribution is 0.0616. The summed E-state index contributed by atoms with van der Waals surface area (Å²) in [5, 5.41) is 2.07. The summed E-state index contributed by atoms with van der Waals surface area (Å²) < 4.78 is 7.71. The van der Waals surface area contributed by atoms with Gasteiger partial charge in [-0.25, -0.2) is 0 Å². The second-order valence-corrected chi connectivity index (χ2v) is 5.16. The molecule has 3 rings (SSSR count). The van der Waals surface area contributed by atoms with Gasteiger partial charge in [-0.15, -0.1) is 0 Å². The fourth-order valence-electron chi connectivity index (χ4n) is 2.52. The average Bonchev–Trinajstić information content (AvgIpc) is 2.73. The number of halogens is 1. The van der Waals surface area contributed by atoms with Crippen LogP contribution in [0.25, 0.3) is 10.9 Å². The molecule has 0 N–H and O–H groups in total. The van der Waals surface area contributed by atoms with Crippen LogP contribution >= 0.6 is 11.6 Å². The minimum absolute atomic E-state index is 0.735. The summed E-state index contributed by atoms with van der Waals surface area (Å²) >= 11 is 6.06. The van der Waals surface area contributed by atoms with E-state index in [9.17, 15) is 0 Å². The van der Waals surface area contributed by atoms with Crippen LogP contribution in [0.2, 0.25) is 5.02 Å². The Balaban J connectivity index is 1.86. The first-order valence-corrected chi connectivity index (χ1v) is 6.53. The van der Waals surface area contributed by atoms with Crippen LogP contribution in [0.3, 0.4) is 0 Å². The zero-order valence-corrected chi connectivity index (χ0v) is 10.5. The lowest BCUT2D eigenvalue weighted by atomic mass is 10.0. The first kappa shape index (κ1) is 11.1. The van der Waals surface area contributed by atoms with Crippen molar-refractivity contribution >= 4 is 22.5 Å². The van der Waals surface area contributed by atoms with Crippen molar-refractivity contribution in [3.05, 3.63) is 35.5 Å². The minimum Gasteiger partial charge on any atom is -0.381 e. The van der Waals surface area contributed by atoms with Crippen LogP contribution in [0.1, 0.15) is 12.8 Å². The van der Waals surface area contributed by atoms with Crippen LogP contribution in [0.15, 0.2) is 30.5 Å². The molecule has 1 aromatic carbocycles. The van der Waals surface area contributed by atoms with E-state index < -0.39 is 0 Å². The Kier molecular flexibility index (Phi) is 3.08. The van der Waals surface area contributed by atoms with Crippen molar-refractivity contribution < 1.29 is 4.74 Å². The molecule has 1 fully saturated rings. The van der Waals surface area contributed by atoms with Crippen LogP contribution in [0.5, 0.6) is 0 Å². The zero-order valence-electron chi connectivity index (χ0n) is 9.73. The van der Waals surface area contributed by atoms with Gasteiger partial charge in [0.05, 0.1) is 0 Å². The third-order valence-corrected chi connectivity index (χ3v) is 3.77. The predicted octanol–water partition coefficient (Wildman–Crippen LogP) is 3.72. The third kappa shape index (κ3) is 2.33. The molecule has 90 valence electrons. The number of hydrogen-bond acceptors (Lipinski definition) is 1. The standard InChI is InChI=1S/C14H16ClNO/c15-13-2-1-12-3-6-16(14(12)9-13)10-11-4-7-17-8-5-11/h1-3,6,9,11H,4-5,7-8,10H2. The second kappa shape index (κ2) is 4.71. The number of aromatic nitrogens is 1. The number of ether oxygens (including phenoxy) is 1. The molecule has 0 radical (unpaired) electrons. The summed E-state index contributed by atoms with van der Waals surface area (Å²) in [6, 6.07) is 8.24. The summed E-state index contributed by atoms with van der Waals surface area (Å²) in [6.07, 6.45) is 4.50. The Morgan fingerprint density at radius 3 is 2.88 bits per heavy atom. The highest BCUT2D eigenvalue weighted by Crippen LogP contribution is 2.24. The van der Waals surface area contributed by atoms with Crippen LogP contribution in [0, 0.1) is 5.92 Å².